The number of amides is 2. The maximum absolute atomic E-state index is 13.5. The number of nitrogens with zero attached hydrogens (tertiary/aromatic N) is 3. The Balaban J connectivity index is 1.47. The zero-order valence-electron chi connectivity index (χ0n) is 12.4. The van der Waals surface area contributed by atoms with Crippen LogP contribution in [0.25, 0.3) is 0 Å². The van der Waals surface area contributed by atoms with Crippen LogP contribution in [0.15, 0.2) is 30.6 Å². The number of ether oxygens (including phenoxy) is 1. The number of aromatic nitrogens is 2. The molecular weight excluding hydrogens is 342 g/mol. The van der Waals surface area contributed by atoms with Crippen LogP contribution in [0, 0.1) is 17.6 Å². The van der Waals surface area contributed by atoms with Crippen LogP contribution in [0.4, 0.5) is 19.3 Å². The van der Waals surface area contributed by atoms with Crippen molar-refractivity contribution in [3.8, 4) is 5.88 Å². The molecule has 0 aliphatic carbocycles. The van der Waals surface area contributed by atoms with Gasteiger partial charge in [0.25, 0.3) is 0 Å². The summed E-state index contributed by atoms with van der Waals surface area (Å²) in [6, 6.07) is 2.84. The molecule has 2 aromatic rings. The fourth-order valence-corrected chi connectivity index (χ4v) is 2.38. The third-order valence-corrected chi connectivity index (χ3v) is 3.67. The first-order valence-corrected chi connectivity index (χ1v) is 7.51. The van der Waals surface area contributed by atoms with Gasteiger partial charge in [-0.15, -0.1) is 0 Å². The van der Waals surface area contributed by atoms with E-state index in [1.54, 1.807) is 0 Å². The van der Waals surface area contributed by atoms with Crippen LogP contribution in [0.3, 0.4) is 0 Å². The molecule has 0 saturated carbocycles. The lowest BCUT2D eigenvalue weighted by atomic mass is 10.0. The highest BCUT2D eigenvalue weighted by molar-refractivity contribution is 6.29. The standard InChI is InChI=1S/C15H13ClF2N4O2/c16-12-4-19-5-13(20-12)24-8-9-6-22(7-9)15(23)21-14-10(17)2-1-3-11(14)18/h1-5,9H,6-8H2,(H,21,23). The first kappa shape index (κ1) is 16.4. The van der Waals surface area contributed by atoms with Gasteiger partial charge in [-0.1, -0.05) is 17.7 Å². The third-order valence-electron chi connectivity index (χ3n) is 3.49. The van der Waals surface area contributed by atoms with Crippen LogP contribution in [0.2, 0.25) is 5.15 Å². The Kier molecular flexibility index (Phi) is 4.75. The van der Waals surface area contributed by atoms with Gasteiger partial charge in [-0.2, -0.15) is 4.98 Å². The lowest BCUT2D eigenvalue weighted by Crippen LogP contribution is -2.53. The van der Waals surface area contributed by atoms with Crippen LogP contribution in [0.5, 0.6) is 5.88 Å². The second-order valence-electron chi connectivity index (χ2n) is 5.29. The summed E-state index contributed by atoms with van der Waals surface area (Å²) in [6.07, 6.45) is 2.83. The number of carbonyl (C=O) groups excluding carboxylic acids is 1. The number of rotatable bonds is 4. The molecule has 1 aromatic heterocycles. The van der Waals surface area contributed by atoms with E-state index < -0.39 is 23.4 Å². The molecule has 24 heavy (non-hydrogen) atoms. The molecule has 0 radical (unpaired) electrons. The third kappa shape index (κ3) is 3.70. The van der Waals surface area contributed by atoms with Crippen LogP contribution >= 0.6 is 11.6 Å². The summed E-state index contributed by atoms with van der Waals surface area (Å²) >= 11 is 5.70. The summed E-state index contributed by atoms with van der Waals surface area (Å²) in [5.41, 5.74) is -0.448. The van der Waals surface area contributed by atoms with Crippen molar-refractivity contribution >= 4 is 23.3 Å². The van der Waals surface area contributed by atoms with Gasteiger partial charge in [-0.05, 0) is 12.1 Å². The first-order chi connectivity index (χ1) is 11.5. The first-order valence-electron chi connectivity index (χ1n) is 7.13. The van der Waals surface area contributed by atoms with E-state index in [0.717, 1.165) is 12.1 Å². The van der Waals surface area contributed by atoms with E-state index in [-0.39, 0.29) is 11.1 Å². The average molecular weight is 355 g/mol. The average Bonchev–Trinajstić information content (AvgIpc) is 2.49. The van der Waals surface area contributed by atoms with Crippen molar-refractivity contribution in [2.45, 2.75) is 0 Å². The molecule has 3 rings (SSSR count). The molecule has 6 nitrogen and oxygen atoms in total. The minimum atomic E-state index is -0.816. The number of hydrogen-bond acceptors (Lipinski definition) is 4. The molecule has 0 spiro atoms. The number of benzene rings is 1. The van der Waals surface area contributed by atoms with Crippen molar-refractivity contribution in [3.05, 3.63) is 47.4 Å². The molecule has 0 atom stereocenters. The lowest BCUT2D eigenvalue weighted by molar-refractivity contribution is 0.0905. The highest BCUT2D eigenvalue weighted by atomic mass is 35.5. The van der Waals surface area contributed by atoms with Gasteiger partial charge in [0, 0.05) is 19.0 Å². The monoisotopic (exact) mass is 354 g/mol. The molecule has 2 heterocycles. The van der Waals surface area contributed by atoms with Crippen molar-refractivity contribution in [2.75, 3.05) is 25.0 Å². The van der Waals surface area contributed by atoms with Crippen LogP contribution < -0.4 is 10.1 Å². The zero-order valence-corrected chi connectivity index (χ0v) is 13.1. The summed E-state index contributed by atoms with van der Waals surface area (Å²) in [5.74, 6) is -1.23. The topological polar surface area (TPSA) is 67.4 Å². The summed E-state index contributed by atoms with van der Waals surface area (Å²) in [7, 11) is 0. The molecule has 0 unspecified atom stereocenters. The molecule has 9 heteroatoms. The predicted octanol–water partition coefficient (Wildman–Crippen LogP) is 2.95. The van der Waals surface area contributed by atoms with E-state index in [1.807, 2.05) is 0 Å². The largest absolute Gasteiger partial charge is 0.476 e. The Bertz CT molecular complexity index is 736. The number of likely N-dealkylation sites (tertiary alicyclic amines) is 1. The normalized spacial score (nSPS) is 14.2. The second kappa shape index (κ2) is 6.96. The molecule has 2 amide bonds. The number of para-hydroxylation sites is 1. The SMILES string of the molecule is O=C(Nc1c(F)cccc1F)N1CC(COc2cncc(Cl)n2)C1. The maximum atomic E-state index is 13.5. The summed E-state index contributed by atoms with van der Waals surface area (Å²) in [4.78, 5) is 21.2. The molecular formula is C15H13ClF2N4O2. The summed E-state index contributed by atoms with van der Waals surface area (Å²) < 4.78 is 32.4. The Hall–Kier alpha value is -2.48. The maximum Gasteiger partial charge on any atom is 0.322 e. The molecule has 1 aliphatic rings. The molecule has 1 aromatic carbocycles. The fraction of sp³-hybridized carbons (Fsp3) is 0.267. The quantitative estimate of drug-likeness (QED) is 0.916. The molecule has 1 saturated heterocycles. The Morgan fingerprint density at radius 3 is 2.71 bits per heavy atom. The Labute approximate surface area is 141 Å². The van der Waals surface area contributed by atoms with Gasteiger partial charge in [-0.25, -0.2) is 13.6 Å². The van der Waals surface area contributed by atoms with Gasteiger partial charge in [0.15, 0.2) is 5.15 Å². The van der Waals surface area contributed by atoms with Crippen LogP contribution in [-0.4, -0.2) is 40.6 Å². The molecule has 126 valence electrons. The van der Waals surface area contributed by atoms with Crippen LogP contribution in [-0.2, 0) is 0 Å². The Morgan fingerprint density at radius 1 is 1.33 bits per heavy atom. The van der Waals surface area contributed by atoms with E-state index in [1.165, 1.54) is 23.4 Å². The number of halogens is 3. The van der Waals surface area contributed by atoms with Crippen LogP contribution in [0.1, 0.15) is 0 Å². The van der Waals surface area contributed by atoms with Crippen molar-refractivity contribution < 1.29 is 18.3 Å². The van der Waals surface area contributed by atoms with E-state index >= 15 is 0 Å². The number of nitrogens with one attached hydrogen (secondary N) is 1. The smallest absolute Gasteiger partial charge is 0.322 e. The Morgan fingerprint density at radius 2 is 2.04 bits per heavy atom. The fourth-order valence-electron chi connectivity index (χ4n) is 2.24. The molecule has 0 bridgehead atoms. The minimum absolute atomic E-state index is 0.0991. The van der Waals surface area contributed by atoms with Gasteiger partial charge in [0.2, 0.25) is 5.88 Å². The van der Waals surface area contributed by atoms with Crippen molar-refractivity contribution in [2.24, 2.45) is 5.92 Å². The van der Waals surface area contributed by atoms with Gasteiger partial charge < -0.3 is 15.0 Å². The number of carbonyl (C=O) groups is 1. The van der Waals surface area contributed by atoms with Crippen molar-refractivity contribution in [1.82, 2.24) is 14.9 Å². The number of urea groups is 1. The lowest BCUT2D eigenvalue weighted by Gasteiger charge is -2.38. The minimum Gasteiger partial charge on any atom is -0.476 e. The predicted molar refractivity (Wildman–Crippen MR) is 83.0 cm³/mol. The van der Waals surface area contributed by atoms with Gasteiger partial charge >= 0.3 is 6.03 Å². The van der Waals surface area contributed by atoms with Crippen molar-refractivity contribution in [1.29, 1.82) is 0 Å². The number of hydrogen-bond donors (Lipinski definition) is 1. The van der Waals surface area contributed by atoms with Gasteiger partial charge in [0.1, 0.15) is 17.3 Å². The summed E-state index contributed by atoms with van der Waals surface area (Å²) in [5, 5.41) is 2.47. The van der Waals surface area contributed by atoms with E-state index in [0.29, 0.717) is 25.6 Å². The van der Waals surface area contributed by atoms with Crippen molar-refractivity contribution in [3.63, 3.8) is 0 Å². The van der Waals surface area contributed by atoms with E-state index in [9.17, 15) is 13.6 Å². The number of anilines is 1. The zero-order chi connectivity index (χ0) is 17.1. The highest BCUT2D eigenvalue weighted by Gasteiger charge is 2.32. The van der Waals surface area contributed by atoms with Gasteiger partial charge in [-0.3, -0.25) is 4.98 Å². The second-order valence-corrected chi connectivity index (χ2v) is 5.68. The molecule has 1 N–H and O–H groups in total. The molecule has 1 fully saturated rings. The summed E-state index contributed by atoms with van der Waals surface area (Å²) in [6.45, 7) is 1.17. The van der Waals surface area contributed by atoms with E-state index in [4.69, 9.17) is 16.3 Å². The van der Waals surface area contributed by atoms with E-state index in [2.05, 4.69) is 15.3 Å². The highest BCUT2D eigenvalue weighted by Crippen LogP contribution is 2.22. The molecule has 1 aliphatic heterocycles. The van der Waals surface area contributed by atoms with Gasteiger partial charge in [0.05, 0.1) is 19.0 Å².